The standard InChI is InChI=1S/C14H16N4O3S2/c1-7-4-5-22-10(7)11-16-14(23-18-11)17-13(21)15-9-3-2-8(6-9)12(19)20/h4-5,8-9H,2-3,6H2,1H3,(H,19,20)(H2,15,16,17,18,21)/t8-,9+/m0/s1. The van der Waals surface area contributed by atoms with E-state index in [1.807, 2.05) is 18.4 Å². The molecule has 23 heavy (non-hydrogen) atoms. The zero-order valence-electron chi connectivity index (χ0n) is 12.4. The highest BCUT2D eigenvalue weighted by molar-refractivity contribution is 7.14. The molecule has 122 valence electrons. The zero-order valence-corrected chi connectivity index (χ0v) is 14.0. The number of amides is 2. The lowest BCUT2D eigenvalue weighted by molar-refractivity contribution is -0.141. The lowest BCUT2D eigenvalue weighted by Gasteiger charge is -2.11. The average Bonchev–Trinajstić information content (AvgIpc) is 3.19. The van der Waals surface area contributed by atoms with Gasteiger partial charge in [0.25, 0.3) is 0 Å². The molecule has 0 saturated heterocycles. The maximum absolute atomic E-state index is 12.0. The molecule has 0 bridgehead atoms. The molecule has 2 aromatic heterocycles. The number of thiophene rings is 1. The van der Waals surface area contributed by atoms with Crippen molar-refractivity contribution in [3.8, 4) is 10.7 Å². The van der Waals surface area contributed by atoms with E-state index in [4.69, 9.17) is 5.11 Å². The fraction of sp³-hybridized carbons (Fsp3) is 0.429. The number of carboxylic acids is 1. The van der Waals surface area contributed by atoms with Gasteiger partial charge in [0.05, 0.1) is 10.8 Å². The number of nitrogens with zero attached hydrogens (tertiary/aromatic N) is 2. The highest BCUT2D eigenvalue weighted by Gasteiger charge is 2.30. The second kappa shape index (κ2) is 6.63. The van der Waals surface area contributed by atoms with Crippen molar-refractivity contribution in [2.45, 2.75) is 32.2 Å². The number of hydrogen-bond donors (Lipinski definition) is 3. The van der Waals surface area contributed by atoms with Crippen LogP contribution in [0.1, 0.15) is 24.8 Å². The Morgan fingerprint density at radius 2 is 2.22 bits per heavy atom. The lowest BCUT2D eigenvalue weighted by atomic mass is 10.1. The summed E-state index contributed by atoms with van der Waals surface area (Å²) >= 11 is 2.69. The second-order valence-electron chi connectivity index (χ2n) is 5.50. The van der Waals surface area contributed by atoms with Crippen LogP contribution in [0.2, 0.25) is 0 Å². The van der Waals surface area contributed by atoms with Crippen molar-refractivity contribution < 1.29 is 14.7 Å². The van der Waals surface area contributed by atoms with E-state index in [2.05, 4.69) is 20.0 Å². The average molecular weight is 352 g/mol. The maximum atomic E-state index is 12.0. The smallest absolute Gasteiger partial charge is 0.321 e. The molecule has 0 aliphatic heterocycles. The van der Waals surface area contributed by atoms with Crippen molar-refractivity contribution >= 4 is 40.0 Å². The highest BCUT2D eigenvalue weighted by Crippen LogP contribution is 2.29. The Balaban J connectivity index is 1.56. The first kappa shape index (κ1) is 15.9. The van der Waals surface area contributed by atoms with Crippen LogP contribution in [0.5, 0.6) is 0 Å². The third-order valence-corrected chi connectivity index (χ3v) is 5.47. The van der Waals surface area contributed by atoms with E-state index in [0.29, 0.717) is 30.2 Å². The summed E-state index contributed by atoms with van der Waals surface area (Å²) in [6, 6.07) is 1.52. The van der Waals surface area contributed by atoms with Gasteiger partial charge in [-0.2, -0.15) is 9.36 Å². The van der Waals surface area contributed by atoms with Crippen LogP contribution in [-0.4, -0.2) is 32.5 Å². The first-order chi connectivity index (χ1) is 11.0. The molecule has 1 aliphatic rings. The van der Waals surface area contributed by atoms with E-state index in [-0.39, 0.29) is 18.0 Å². The molecule has 9 heteroatoms. The molecule has 3 rings (SSSR count). The molecule has 1 fully saturated rings. The van der Waals surface area contributed by atoms with Gasteiger partial charge in [-0.25, -0.2) is 4.79 Å². The topological polar surface area (TPSA) is 104 Å². The van der Waals surface area contributed by atoms with Gasteiger partial charge in [-0.05, 0) is 43.2 Å². The summed E-state index contributed by atoms with van der Waals surface area (Å²) in [6.45, 7) is 1.99. The third kappa shape index (κ3) is 3.67. The molecule has 2 heterocycles. The number of nitrogens with one attached hydrogen (secondary N) is 2. The fourth-order valence-electron chi connectivity index (χ4n) is 2.62. The van der Waals surface area contributed by atoms with Gasteiger partial charge in [-0.1, -0.05) is 0 Å². The van der Waals surface area contributed by atoms with Crippen molar-refractivity contribution in [1.82, 2.24) is 14.7 Å². The third-order valence-electron chi connectivity index (χ3n) is 3.83. The van der Waals surface area contributed by atoms with E-state index < -0.39 is 5.97 Å². The van der Waals surface area contributed by atoms with Crippen molar-refractivity contribution in [2.24, 2.45) is 5.92 Å². The molecular weight excluding hydrogens is 336 g/mol. The van der Waals surface area contributed by atoms with Crippen molar-refractivity contribution in [1.29, 1.82) is 0 Å². The quantitative estimate of drug-likeness (QED) is 0.785. The molecule has 1 aliphatic carbocycles. The number of carboxylic acid groups (broad SMARTS) is 1. The van der Waals surface area contributed by atoms with Gasteiger partial charge in [0, 0.05) is 17.6 Å². The molecular formula is C14H16N4O3S2. The first-order valence-electron chi connectivity index (χ1n) is 7.21. The summed E-state index contributed by atoms with van der Waals surface area (Å²) in [5.41, 5.74) is 1.11. The number of aliphatic carboxylic acids is 1. The van der Waals surface area contributed by atoms with Crippen LogP contribution >= 0.6 is 22.9 Å². The van der Waals surface area contributed by atoms with E-state index in [1.165, 1.54) is 0 Å². The number of aromatic nitrogens is 2. The number of carbonyl (C=O) groups is 2. The van der Waals surface area contributed by atoms with Gasteiger partial charge in [-0.15, -0.1) is 11.3 Å². The first-order valence-corrected chi connectivity index (χ1v) is 8.86. The number of aryl methyl sites for hydroxylation is 1. The summed E-state index contributed by atoms with van der Waals surface area (Å²) in [6.07, 6.45) is 1.75. The van der Waals surface area contributed by atoms with Crippen LogP contribution < -0.4 is 10.6 Å². The minimum Gasteiger partial charge on any atom is -0.481 e. The zero-order chi connectivity index (χ0) is 16.4. The highest BCUT2D eigenvalue weighted by atomic mass is 32.1. The summed E-state index contributed by atoms with van der Waals surface area (Å²) in [5.74, 6) is -0.547. The number of carbonyl (C=O) groups excluding carboxylic acids is 1. The molecule has 7 nitrogen and oxygen atoms in total. The van der Waals surface area contributed by atoms with Gasteiger partial charge in [-0.3, -0.25) is 10.1 Å². The van der Waals surface area contributed by atoms with Gasteiger partial charge in [0.1, 0.15) is 0 Å². The Morgan fingerprint density at radius 1 is 1.39 bits per heavy atom. The summed E-state index contributed by atoms with van der Waals surface area (Å²) in [7, 11) is 0. The van der Waals surface area contributed by atoms with Crippen LogP contribution in [0.4, 0.5) is 9.93 Å². The number of anilines is 1. The van der Waals surface area contributed by atoms with Gasteiger partial charge in [0.15, 0.2) is 5.82 Å². The van der Waals surface area contributed by atoms with Crippen LogP contribution in [0, 0.1) is 12.8 Å². The maximum Gasteiger partial charge on any atom is 0.321 e. The summed E-state index contributed by atoms with van der Waals surface area (Å²) < 4.78 is 4.26. The monoisotopic (exact) mass is 352 g/mol. The molecule has 0 aromatic carbocycles. The number of rotatable bonds is 4. The van der Waals surface area contributed by atoms with Gasteiger partial charge in [0.2, 0.25) is 5.13 Å². The van der Waals surface area contributed by atoms with E-state index in [0.717, 1.165) is 22.0 Å². The van der Waals surface area contributed by atoms with Crippen LogP contribution in [0.3, 0.4) is 0 Å². The number of hydrogen-bond acceptors (Lipinski definition) is 6. The van der Waals surface area contributed by atoms with Crippen molar-refractivity contribution in [3.05, 3.63) is 17.0 Å². The Hall–Kier alpha value is -2.00. The SMILES string of the molecule is Cc1ccsc1-c1nsc(NC(=O)N[C@@H]2CC[C@H](C(=O)O)C2)n1. The van der Waals surface area contributed by atoms with Gasteiger partial charge >= 0.3 is 12.0 Å². The van der Waals surface area contributed by atoms with Crippen LogP contribution in [0.25, 0.3) is 10.7 Å². The fourth-order valence-corrected chi connectivity index (χ4v) is 4.11. The Kier molecular flexibility index (Phi) is 4.58. The molecule has 2 aromatic rings. The largest absolute Gasteiger partial charge is 0.481 e. The molecule has 1 saturated carbocycles. The minimum absolute atomic E-state index is 0.108. The minimum atomic E-state index is -0.796. The predicted octanol–water partition coefficient (Wildman–Crippen LogP) is 2.95. The predicted molar refractivity (Wildman–Crippen MR) is 88.9 cm³/mol. The normalized spacial score (nSPS) is 20.4. The van der Waals surface area contributed by atoms with Crippen molar-refractivity contribution in [2.75, 3.05) is 5.32 Å². The Morgan fingerprint density at radius 3 is 2.87 bits per heavy atom. The Labute approximate surface area is 140 Å². The van der Waals surface area contributed by atoms with Crippen LogP contribution in [0.15, 0.2) is 11.4 Å². The van der Waals surface area contributed by atoms with Crippen molar-refractivity contribution in [3.63, 3.8) is 0 Å². The molecule has 0 spiro atoms. The van der Waals surface area contributed by atoms with Crippen LogP contribution in [-0.2, 0) is 4.79 Å². The molecule has 0 unspecified atom stereocenters. The summed E-state index contributed by atoms with van der Waals surface area (Å²) in [4.78, 5) is 28.2. The molecule has 2 amide bonds. The second-order valence-corrected chi connectivity index (χ2v) is 7.17. The lowest BCUT2D eigenvalue weighted by Crippen LogP contribution is -2.36. The Bertz CT molecular complexity index is 727. The molecule has 3 N–H and O–H groups in total. The summed E-state index contributed by atoms with van der Waals surface area (Å²) in [5, 5.41) is 16.8. The van der Waals surface area contributed by atoms with E-state index in [9.17, 15) is 9.59 Å². The molecule has 2 atom stereocenters. The van der Waals surface area contributed by atoms with E-state index >= 15 is 0 Å². The van der Waals surface area contributed by atoms with Gasteiger partial charge < -0.3 is 10.4 Å². The molecule has 0 radical (unpaired) electrons. The number of urea groups is 1. The van der Waals surface area contributed by atoms with E-state index in [1.54, 1.807) is 11.3 Å².